The van der Waals surface area contributed by atoms with Crippen molar-refractivity contribution in [3.05, 3.63) is 53.1 Å². The second kappa shape index (κ2) is 5.13. The second-order valence-corrected chi connectivity index (χ2v) is 4.60. The molecule has 0 aliphatic rings. The number of benzene rings is 2. The van der Waals surface area contributed by atoms with Gasteiger partial charge in [-0.2, -0.15) is 0 Å². The van der Waals surface area contributed by atoms with Crippen molar-refractivity contribution >= 4 is 11.4 Å². The van der Waals surface area contributed by atoms with Crippen LogP contribution in [0.1, 0.15) is 16.7 Å². The van der Waals surface area contributed by atoms with Gasteiger partial charge in [0, 0.05) is 5.69 Å². The molecule has 0 amide bonds. The van der Waals surface area contributed by atoms with Gasteiger partial charge in [0.25, 0.3) is 0 Å². The Hall–Kier alpha value is -1.96. The summed E-state index contributed by atoms with van der Waals surface area (Å²) < 4.78 is 5.36. The lowest BCUT2D eigenvalue weighted by molar-refractivity contribution is 0.417. The monoisotopic (exact) mass is 241 g/mol. The Balaban J connectivity index is 2.40. The van der Waals surface area contributed by atoms with Gasteiger partial charge in [-0.25, -0.2) is 0 Å². The number of rotatable bonds is 3. The molecule has 0 fully saturated rings. The second-order valence-electron chi connectivity index (χ2n) is 4.60. The van der Waals surface area contributed by atoms with Crippen LogP contribution in [0.25, 0.3) is 0 Å². The first-order valence-corrected chi connectivity index (χ1v) is 6.09. The highest BCUT2D eigenvalue weighted by atomic mass is 16.5. The van der Waals surface area contributed by atoms with Gasteiger partial charge in [0.15, 0.2) is 0 Å². The van der Waals surface area contributed by atoms with Crippen molar-refractivity contribution < 1.29 is 4.74 Å². The highest BCUT2D eigenvalue weighted by Gasteiger charge is 2.07. The van der Waals surface area contributed by atoms with Gasteiger partial charge in [-0.1, -0.05) is 29.8 Å². The van der Waals surface area contributed by atoms with Crippen molar-refractivity contribution in [1.82, 2.24) is 0 Å². The summed E-state index contributed by atoms with van der Waals surface area (Å²) in [5, 5.41) is 3.46. The Morgan fingerprint density at radius 3 is 2.17 bits per heavy atom. The average molecular weight is 241 g/mol. The van der Waals surface area contributed by atoms with E-state index in [1.54, 1.807) is 7.11 Å². The quantitative estimate of drug-likeness (QED) is 0.861. The Morgan fingerprint density at radius 1 is 0.944 bits per heavy atom. The number of nitrogens with one attached hydrogen (secondary N) is 1. The van der Waals surface area contributed by atoms with Crippen molar-refractivity contribution in [2.45, 2.75) is 20.8 Å². The zero-order chi connectivity index (χ0) is 13.1. The van der Waals surface area contributed by atoms with Gasteiger partial charge >= 0.3 is 0 Å². The molecule has 2 rings (SSSR count). The van der Waals surface area contributed by atoms with Gasteiger partial charge in [-0.3, -0.25) is 0 Å². The van der Waals surface area contributed by atoms with Crippen LogP contribution in [0.2, 0.25) is 0 Å². The van der Waals surface area contributed by atoms with Crippen LogP contribution in [0.5, 0.6) is 5.75 Å². The molecule has 0 aliphatic heterocycles. The number of anilines is 2. The van der Waals surface area contributed by atoms with Gasteiger partial charge in [0.1, 0.15) is 5.75 Å². The molecule has 2 aromatic rings. The molecule has 2 nitrogen and oxygen atoms in total. The van der Waals surface area contributed by atoms with Gasteiger partial charge in [-0.15, -0.1) is 0 Å². The first-order chi connectivity index (χ1) is 8.61. The Morgan fingerprint density at radius 2 is 1.56 bits per heavy atom. The van der Waals surface area contributed by atoms with Crippen LogP contribution in [0.3, 0.4) is 0 Å². The number of para-hydroxylation sites is 2. The molecule has 0 bridgehead atoms. The van der Waals surface area contributed by atoms with E-state index in [2.05, 4.69) is 38.2 Å². The number of hydrogen-bond acceptors (Lipinski definition) is 2. The molecular weight excluding hydrogens is 222 g/mol. The standard InChI is InChI=1S/C16H19NO/c1-11-9-12(2)16(13(3)10-11)17-14-7-5-6-8-15(14)18-4/h5-10,17H,1-4H3. The Kier molecular flexibility index (Phi) is 3.56. The van der Waals surface area contributed by atoms with Gasteiger partial charge in [0.2, 0.25) is 0 Å². The van der Waals surface area contributed by atoms with Crippen LogP contribution in [-0.4, -0.2) is 7.11 Å². The third kappa shape index (κ3) is 2.48. The summed E-state index contributed by atoms with van der Waals surface area (Å²) in [5.41, 5.74) is 5.94. The van der Waals surface area contributed by atoms with Crippen molar-refractivity contribution in [2.75, 3.05) is 12.4 Å². The highest BCUT2D eigenvalue weighted by molar-refractivity contribution is 5.71. The molecule has 0 spiro atoms. The zero-order valence-corrected chi connectivity index (χ0v) is 11.4. The summed E-state index contributed by atoms with van der Waals surface area (Å²) in [7, 11) is 1.69. The molecule has 2 heteroatoms. The van der Waals surface area contributed by atoms with E-state index in [1.807, 2.05) is 24.3 Å². The molecule has 0 saturated carbocycles. The van der Waals surface area contributed by atoms with Crippen molar-refractivity contribution in [1.29, 1.82) is 0 Å². The maximum absolute atomic E-state index is 5.36. The maximum Gasteiger partial charge on any atom is 0.142 e. The fourth-order valence-corrected chi connectivity index (χ4v) is 2.26. The van der Waals surface area contributed by atoms with Gasteiger partial charge < -0.3 is 10.1 Å². The van der Waals surface area contributed by atoms with Gasteiger partial charge in [0.05, 0.1) is 12.8 Å². The van der Waals surface area contributed by atoms with Crippen LogP contribution < -0.4 is 10.1 Å². The molecule has 0 saturated heterocycles. The predicted molar refractivity (Wildman–Crippen MR) is 76.9 cm³/mol. The van der Waals surface area contributed by atoms with E-state index in [0.717, 1.165) is 17.1 Å². The SMILES string of the molecule is COc1ccccc1Nc1c(C)cc(C)cc1C. The van der Waals surface area contributed by atoms with Crippen LogP contribution >= 0.6 is 0 Å². The summed E-state index contributed by atoms with van der Waals surface area (Å²) in [4.78, 5) is 0. The molecule has 2 aromatic carbocycles. The summed E-state index contributed by atoms with van der Waals surface area (Å²) in [6, 6.07) is 12.3. The van der Waals surface area contributed by atoms with E-state index in [4.69, 9.17) is 4.74 Å². The fourth-order valence-electron chi connectivity index (χ4n) is 2.26. The van der Waals surface area contributed by atoms with Crippen LogP contribution in [0.4, 0.5) is 11.4 Å². The normalized spacial score (nSPS) is 10.2. The summed E-state index contributed by atoms with van der Waals surface area (Å²) in [6.07, 6.45) is 0. The first kappa shape index (κ1) is 12.5. The van der Waals surface area contributed by atoms with E-state index < -0.39 is 0 Å². The lowest BCUT2D eigenvalue weighted by Crippen LogP contribution is -1.99. The average Bonchev–Trinajstić information content (AvgIpc) is 2.34. The number of hydrogen-bond donors (Lipinski definition) is 1. The molecule has 0 unspecified atom stereocenters. The highest BCUT2D eigenvalue weighted by Crippen LogP contribution is 2.30. The largest absolute Gasteiger partial charge is 0.495 e. The molecule has 0 aliphatic carbocycles. The number of aryl methyl sites for hydroxylation is 3. The number of ether oxygens (including phenoxy) is 1. The molecular formula is C16H19NO. The summed E-state index contributed by atoms with van der Waals surface area (Å²) in [5.74, 6) is 0.858. The van der Waals surface area contributed by atoms with Crippen molar-refractivity contribution in [3.63, 3.8) is 0 Å². The van der Waals surface area contributed by atoms with Crippen molar-refractivity contribution in [3.8, 4) is 5.75 Å². The molecule has 94 valence electrons. The van der Waals surface area contributed by atoms with E-state index in [1.165, 1.54) is 16.7 Å². The molecule has 0 heterocycles. The van der Waals surface area contributed by atoms with Crippen LogP contribution in [0.15, 0.2) is 36.4 Å². The third-order valence-corrected chi connectivity index (χ3v) is 3.04. The molecule has 18 heavy (non-hydrogen) atoms. The topological polar surface area (TPSA) is 21.3 Å². The van der Waals surface area contributed by atoms with Gasteiger partial charge in [-0.05, 0) is 44.0 Å². The first-order valence-electron chi connectivity index (χ1n) is 6.09. The smallest absolute Gasteiger partial charge is 0.142 e. The van der Waals surface area contributed by atoms with Crippen LogP contribution in [-0.2, 0) is 0 Å². The van der Waals surface area contributed by atoms with Crippen LogP contribution in [0, 0.1) is 20.8 Å². The number of methoxy groups -OCH3 is 1. The summed E-state index contributed by atoms with van der Waals surface area (Å²) in [6.45, 7) is 6.36. The lowest BCUT2D eigenvalue weighted by Gasteiger charge is -2.16. The van der Waals surface area contributed by atoms with E-state index in [9.17, 15) is 0 Å². The van der Waals surface area contributed by atoms with Crippen molar-refractivity contribution in [2.24, 2.45) is 0 Å². The predicted octanol–water partition coefficient (Wildman–Crippen LogP) is 4.36. The third-order valence-electron chi connectivity index (χ3n) is 3.04. The minimum absolute atomic E-state index is 0.858. The minimum atomic E-state index is 0.858. The Labute approximate surface area is 109 Å². The lowest BCUT2D eigenvalue weighted by atomic mass is 10.0. The molecule has 0 radical (unpaired) electrons. The maximum atomic E-state index is 5.36. The molecule has 0 atom stereocenters. The van der Waals surface area contributed by atoms with E-state index >= 15 is 0 Å². The van der Waals surface area contributed by atoms with E-state index in [0.29, 0.717) is 0 Å². The fraction of sp³-hybridized carbons (Fsp3) is 0.250. The molecule has 0 aromatic heterocycles. The minimum Gasteiger partial charge on any atom is -0.495 e. The van der Waals surface area contributed by atoms with E-state index in [-0.39, 0.29) is 0 Å². The molecule has 1 N–H and O–H groups in total. The summed E-state index contributed by atoms with van der Waals surface area (Å²) >= 11 is 0. The Bertz CT molecular complexity index is 538. The zero-order valence-electron chi connectivity index (χ0n) is 11.4.